The lowest BCUT2D eigenvalue weighted by molar-refractivity contribution is 0.412. The van der Waals surface area contributed by atoms with E-state index in [4.69, 9.17) is 0 Å². The molecule has 0 aromatic rings. The minimum absolute atomic E-state index is 0.792. The van der Waals surface area contributed by atoms with Gasteiger partial charge in [0.1, 0.15) is 0 Å². The van der Waals surface area contributed by atoms with Crippen LogP contribution < -0.4 is 5.32 Å². The number of hydrogen-bond donors (Lipinski definition) is 1. The first-order chi connectivity index (χ1) is 11.8. The molecule has 1 N–H and O–H groups in total. The second-order valence-corrected chi connectivity index (χ2v) is 7.82. The largest absolute Gasteiger partial charge is 0.314 e. The van der Waals surface area contributed by atoms with Crippen LogP contribution in [0.2, 0.25) is 0 Å². The van der Waals surface area contributed by atoms with Gasteiger partial charge >= 0.3 is 0 Å². The third-order valence-electron chi connectivity index (χ3n) is 5.25. The molecule has 0 amide bonds. The SMILES string of the molecule is CCCCCCCCCCC(CCCCCCCCC)NCCC. The van der Waals surface area contributed by atoms with Crippen LogP contribution in [0, 0.1) is 0 Å². The van der Waals surface area contributed by atoms with Gasteiger partial charge in [-0.25, -0.2) is 0 Å². The minimum Gasteiger partial charge on any atom is -0.314 e. The maximum absolute atomic E-state index is 3.80. The quantitative estimate of drug-likeness (QED) is 0.221. The van der Waals surface area contributed by atoms with Gasteiger partial charge in [0.05, 0.1) is 0 Å². The summed E-state index contributed by atoms with van der Waals surface area (Å²) in [6, 6.07) is 0.792. The van der Waals surface area contributed by atoms with Crippen molar-refractivity contribution in [2.24, 2.45) is 0 Å². The minimum atomic E-state index is 0.792. The maximum Gasteiger partial charge on any atom is 0.00670 e. The summed E-state index contributed by atoms with van der Waals surface area (Å²) in [6.07, 6.45) is 25.6. The van der Waals surface area contributed by atoms with Crippen LogP contribution in [0.4, 0.5) is 0 Å². The lowest BCUT2D eigenvalue weighted by Crippen LogP contribution is -2.29. The molecule has 0 aliphatic carbocycles. The third-order valence-corrected chi connectivity index (χ3v) is 5.25. The monoisotopic (exact) mass is 339 g/mol. The average Bonchev–Trinajstić information content (AvgIpc) is 2.60. The number of unbranched alkanes of at least 4 members (excludes halogenated alkanes) is 13. The molecule has 24 heavy (non-hydrogen) atoms. The molecule has 0 aromatic carbocycles. The number of rotatable bonds is 20. The van der Waals surface area contributed by atoms with E-state index in [0.717, 1.165) is 6.04 Å². The van der Waals surface area contributed by atoms with Crippen LogP contribution in [0.1, 0.15) is 136 Å². The van der Waals surface area contributed by atoms with E-state index in [0.29, 0.717) is 0 Å². The zero-order chi connectivity index (χ0) is 17.7. The summed E-state index contributed by atoms with van der Waals surface area (Å²) in [5, 5.41) is 3.80. The van der Waals surface area contributed by atoms with Gasteiger partial charge in [-0.1, -0.05) is 117 Å². The molecule has 0 bridgehead atoms. The fourth-order valence-electron chi connectivity index (χ4n) is 3.57. The van der Waals surface area contributed by atoms with Gasteiger partial charge in [-0.05, 0) is 25.8 Å². The van der Waals surface area contributed by atoms with Gasteiger partial charge in [-0.2, -0.15) is 0 Å². The molecule has 0 heterocycles. The molecule has 1 nitrogen and oxygen atoms in total. The molecule has 0 aliphatic heterocycles. The van der Waals surface area contributed by atoms with Gasteiger partial charge in [-0.3, -0.25) is 0 Å². The Morgan fingerprint density at radius 3 is 1.21 bits per heavy atom. The molecule has 1 unspecified atom stereocenters. The van der Waals surface area contributed by atoms with Crippen LogP contribution in [0.15, 0.2) is 0 Å². The fraction of sp³-hybridized carbons (Fsp3) is 1.00. The third kappa shape index (κ3) is 18.3. The van der Waals surface area contributed by atoms with Gasteiger partial charge in [0.15, 0.2) is 0 Å². The molecule has 0 aliphatic rings. The van der Waals surface area contributed by atoms with Crippen molar-refractivity contribution in [2.75, 3.05) is 6.54 Å². The zero-order valence-electron chi connectivity index (χ0n) is 17.5. The highest BCUT2D eigenvalue weighted by atomic mass is 14.9. The Kier molecular flexibility index (Phi) is 21.0. The molecule has 146 valence electrons. The van der Waals surface area contributed by atoms with E-state index in [1.807, 2.05) is 0 Å². The first-order valence-corrected chi connectivity index (χ1v) is 11.6. The lowest BCUT2D eigenvalue weighted by Gasteiger charge is -2.18. The smallest absolute Gasteiger partial charge is 0.00670 e. The van der Waals surface area contributed by atoms with Crippen molar-refractivity contribution >= 4 is 0 Å². The molecule has 0 fully saturated rings. The van der Waals surface area contributed by atoms with Gasteiger partial charge in [0.25, 0.3) is 0 Å². The summed E-state index contributed by atoms with van der Waals surface area (Å²) < 4.78 is 0. The highest BCUT2D eigenvalue weighted by Gasteiger charge is 2.07. The second-order valence-electron chi connectivity index (χ2n) is 7.82. The molecule has 0 spiro atoms. The van der Waals surface area contributed by atoms with Crippen molar-refractivity contribution in [3.8, 4) is 0 Å². The molecule has 0 saturated carbocycles. The first-order valence-electron chi connectivity index (χ1n) is 11.6. The summed E-state index contributed by atoms with van der Waals surface area (Å²) in [7, 11) is 0. The molecular weight excluding hydrogens is 290 g/mol. The summed E-state index contributed by atoms with van der Waals surface area (Å²) in [5.74, 6) is 0. The topological polar surface area (TPSA) is 12.0 Å². The average molecular weight is 340 g/mol. The Morgan fingerprint density at radius 2 is 0.833 bits per heavy atom. The van der Waals surface area contributed by atoms with Crippen molar-refractivity contribution < 1.29 is 0 Å². The summed E-state index contributed by atoms with van der Waals surface area (Å²) >= 11 is 0. The van der Waals surface area contributed by atoms with E-state index in [1.165, 1.54) is 122 Å². The van der Waals surface area contributed by atoms with Crippen LogP contribution in [0.3, 0.4) is 0 Å². The second kappa shape index (κ2) is 21.0. The molecule has 0 aromatic heterocycles. The van der Waals surface area contributed by atoms with Crippen molar-refractivity contribution in [1.82, 2.24) is 5.32 Å². The van der Waals surface area contributed by atoms with Crippen LogP contribution in [0.25, 0.3) is 0 Å². The van der Waals surface area contributed by atoms with Gasteiger partial charge in [0.2, 0.25) is 0 Å². The molecule has 1 heteroatoms. The zero-order valence-corrected chi connectivity index (χ0v) is 17.5. The Labute approximate surface area is 154 Å². The van der Waals surface area contributed by atoms with E-state index < -0.39 is 0 Å². The lowest BCUT2D eigenvalue weighted by atomic mass is 9.99. The van der Waals surface area contributed by atoms with Crippen molar-refractivity contribution in [1.29, 1.82) is 0 Å². The highest BCUT2D eigenvalue weighted by Crippen LogP contribution is 2.15. The predicted molar refractivity (Wildman–Crippen MR) is 112 cm³/mol. The van der Waals surface area contributed by atoms with E-state index in [1.54, 1.807) is 0 Å². The Bertz CT molecular complexity index is 214. The maximum atomic E-state index is 3.80. The van der Waals surface area contributed by atoms with E-state index in [9.17, 15) is 0 Å². The Hall–Kier alpha value is -0.0400. The number of hydrogen-bond acceptors (Lipinski definition) is 1. The van der Waals surface area contributed by atoms with Crippen LogP contribution in [0.5, 0.6) is 0 Å². The Balaban J connectivity index is 3.55. The normalized spacial score (nSPS) is 12.6. The van der Waals surface area contributed by atoms with Crippen LogP contribution in [-0.4, -0.2) is 12.6 Å². The van der Waals surface area contributed by atoms with Crippen molar-refractivity contribution in [3.05, 3.63) is 0 Å². The molecule has 1 atom stereocenters. The molecule has 0 rings (SSSR count). The highest BCUT2D eigenvalue weighted by molar-refractivity contribution is 4.67. The summed E-state index contributed by atoms with van der Waals surface area (Å²) in [4.78, 5) is 0. The van der Waals surface area contributed by atoms with Gasteiger partial charge < -0.3 is 5.32 Å². The molecule has 0 saturated heterocycles. The first kappa shape index (κ1) is 24.0. The van der Waals surface area contributed by atoms with E-state index in [-0.39, 0.29) is 0 Å². The van der Waals surface area contributed by atoms with Gasteiger partial charge in [-0.15, -0.1) is 0 Å². The fourth-order valence-corrected chi connectivity index (χ4v) is 3.57. The van der Waals surface area contributed by atoms with Crippen molar-refractivity contribution in [3.63, 3.8) is 0 Å². The number of nitrogens with one attached hydrogen (secondary N) is 1. The van der Waals surface area contributed by atoms with Crippen LogP contribution >= 0.6 is 0 Å². The van der Waals surface area contributed by atoms with Crippen molar-refractivity contribution in [2.45, 2.75) is 142 Å². The summed E-state index contributed by atoms with van der Waals surface area (Å²) in [5.41, 5.74) is 0. The molecular formula is C23H49N. The Morgan fingerprint density at radius 1 is 0.458 bits per heavy atom. The van der Waals surface area contributed by atoms with E-state index in [2.05, 4.69) is 26.1 Å². The summed E-state index contributed by atoms with van der Waals surface area (Å²) in [6.45, 7) is 8.09. The standard InChI is InChI=1S/C23H49N/c1-4-7-9-11-13-15-17-19-21-23(24-22-6-3)20-18-16-14-12-10-8-5-2/h23-24H,4-22H2,1-3H3. The van der Waals surface area contributed by atoms with E-state index >= 15 is 0 Å². The molecule has 0 radical (unpaired) electrons. The predicted octanol–water partition coefficient (Wildman–Crippen LogP) is 8.03. The van der Waals surface area contributed by atoms with Crippen LogP contribution in [-0.2, 0) is 0 Å². The van der Waals surface area contributed by atoms with Gasteiger partial charge in [0, 0.05) is 6.04 Å².